The van der Waals surface area contributed by atoms with E-state index in [1.165, 1.54) is 5.57 Å². The number of Topliss-reactive ketones (excluding diaryl/α,β-unsaturated/α-hetero) is 1. The van der Waals surface area contributed by atoms with Crippen molar-refractivity contribution >= 4 is 17.6 Å². The van der Waals surface area contributed by atoms with Gasteiger partial charge in [0.15, 0.2) is 5.78 Å². The molecule has 0 bridgehead atoms. The Balaban J connectivity index is 2.14. The molecule has 2 rings (SSSR count). The maximum Gasteiger partial charge on any atom is 0.411 e. The number of anilines is 1. The Bertz CT molecular complexity index is 655. The summed E-state index contributed by atoms with van der Waals surface area (Å²) in [4.78, 5) is 25.0. The van der Waals surface area contributed by atoms with Crippen LogP contribution in [0.25, 0.3) is 0 Å². The van der Waals surface area contributed by atoms with Crippen molar-refractivity contribution in [2.75, 3.05) is 5.32 Å². The van der Waals surface area contributed by atoms with Crippen LogP contribution < -0.4 is 5.32 Å². The van der Waals surface area contributed by atoms with Crippen LogP contribution in [-0.2, 0) is 11.2 Å². The molecule has 1 aromatic rings. The lowest BCUT2D eigenvalue weighted by atomic mass is 9.77. The van der Waals surface area contributed by atoms with Crippen molar-refractivity contribution in [1.82, 2.24) is 0 Å². The van der Waals surface area contributed by atoms with E-state index in [4.69, 9.17) is 4.74 Å². The molecular weight excluding hydrogens is 314 g/mol. The van der Waals surface area contributed by atoms with Gasteiger partial charge in [0.25, 0.3) is 0 Å². The molecule has 4 nitrogen and oxygen atoms in total. The monoisotopic (exact) mass is 343 g/mol. The fraction of sp³-hybridized carbons (Fsp3) is 0.524. The van der Waals surface area contributed by atoms with Gasteiger partial charge in [0.05, 0.1) is 5.69 Å². The van der Waals surface area contributed by atoms with Crippen LogP contribution in [0.4, 0.5) is 10.5 Å². The Hall–Kier alpha value is -2.10. The molecule has 1 unspecified atom stereocenters. The van der Waals surface area contributed by atoms with E-state index < -0.39 is 6.09 Å². The van der Waals surface area contributed by atoms with Gasteiger partial charge in [-0.25, -0.2) is 4.79 Å². The van der Waals surface area contributed by atoms with Gasteiger partial charge >= 0.3 is 6.09 Å². The molecule has 1 aliphatic rings. The molecule has 1 saturated carbocycles. The third-order valence-electron chi connectivity index (χ3n) is 4.83. The second-order valence-electron chi connectivity index (χ2n) is 7.11. The number of amides is 1. The van der Waals surface area contributed by atoms with Crippen molar-refractivity contribution in [3.8, 4) is 0 Å². The number of aryl methyl sites for hydroxylation is 1. The summed E-state index contributed by atoms with van der Waals surface area (Å²) < 4.78 is 5.62. The first-order chi connectivity index (χ1) is 11.9. The number of hydrogen-bond acceptors (Lipinski definition) is 3. The average Bonchev–Trinajstić information content (AvgIpc) is 2.56. The number of nitrogens with one attached hydrogen (secondary N) is 1. The molecule has 1 amide bonds. The third kappa shape index (κ3) is 4.50. The normalized spacial score (nSPS) is 15.6. The van der Waals surface area contributed by atoms with Gasteiger partial charge in [0, 0.05) is 17.4 Å². The number of ketones is 1. The van der Waals surface area contributed by atoms with E-state index in [0.717, 1.165) is 31.2 Å². The molecule has 1 atom stereocenters. The van der Waals surface area contributed by atoms with Crippen molar-refractivity contribution in [2.45, 2.75) is 59.5 Å². The maximum atomic E-state index is 12.6. The number of carbonyl (C=O) groups excluding carboxylic acids is 2. The highest BCUT2D eigenvalue weighted by molar-refractivity contribution is 6.06. The number of benzene rings is 1. The molecule has 0 spiro atoms. The van der Waals surface area contributed by atoms with E-state index >= 15 is 0 Å². The fourth-order valence-corrected chi connectivity index (χ4v) is 3.31. The predicted molar refractivity (Wildman–Crippen MR) is 101 cm³/mol. The summed E-state index contributed by atoms with van der Waals surface area (Å²) in [6.45, 7) is 11.7. The van der Waals surface area contributed by atoms with Gasteiger partial charge in [-0.2, -0.15) is 0 Å². The summed E-state index contributed by atoms with van der Waals surface area (Å²) in [5.74, 6) is 0.269. The molecule has 0 saturated heterocycles. The molecule has 0 aromatic heterocycles. The minimum Gasteiger partial charge on any atom is -0.446 e. The van der Waals surface area contributed by atoms with Crippen LogP contribution in [0.15, 0.2) is 30.4 Å². The van der Waals surface area contributed by atoms with Crippen molar-refractivity contribution < 1.29 is 14.3 Å². The third-order valence-corrected chi connectivity index (χ3v) is 4.83. The second kappa shape index (κ2) is 8.32. The Labute approximate surface area is 150 Å². The molecule has 1 N–H and O–H groups in total. The summed E-state index contributed by atoms with van der Waals surface area (Å²) in [6.07, 6.45) is 2.76. The highest BCUT2D eigenvalue weighted by Crippen LogP contribution is 2.36. The van der Waals surface area contributed by atoms with E-state index in [9.17, 15) is 9.59 Å². The molecule has 0 aliphatic heterocycles. The van der Waals surface area contributed by atoms with E-state index in [-0.39, 0.29) is 17.8 Å². The molecule has 0 radical (unpaired) electrons. The number of rotatable bonds is 7. The first kappa shape index (κ1) is 19.2. The number of carbonyl (C=O) groups is 2. The quantitative estimate of drug-likeness (QED) is 0.534. The Morgan fingerprint density at radius 3 is 2.48 bits per heavy atom. The lowest BCUT2D eigenvalue weighted by Crippen LogP contribution is -2.33. The highest BCUT2D eigenvalue weighted by Gasteiger charge is 2.31. The zero-order chi connectivity index (χ0) is 18.6. The van der Waals surface area contributed by atoms with Gasteiger partial charge in [-0.1, -0.05) is 52.0 Å². The minimum absolute atomic E-state index is 0.0371. The molecule has 25 heavy (non-hydrogen) atoms. The van der Waals surface area contributed by atoms with E-state index in [1.807, 2.05) is 39.8 Å². The molecular formula is C21H29NO3. The van der Waals surface area contributed by atoms with Crippen LogP contribution in [0.2, 0.25) is 0 Å². The van der Waals surface area contributed by atoms with E-state index in [1.54, 1.807) is 6.07 Å². The Morgan fingerprint density at radius 1 is 1.28 bits per heavy atom. The van der Waals surface area contributed by atoms with Crippen LogP contribution in [-0.4, -0.2) is 18.0 Å². The van der Waals surface area contributed by atoms with Gasteiger partial charge in [0.2, 0.25) is 0 Å². The van der Waals surface area contributed by atoms with Crippen LogP contribution in [0.3, 0.4) is 0 Å². The number of allylic oxidation sites excluding steroid dienone is 1. The molecule has 1 fully saturated rings. The van der Waals surface area contributed by atoms with Gasteiger partial charge in [-0.15, -0.1) is 0 Å². The summed E-state index contributed by atoms with van der Waals surface area (Å²) >= 11 is 0. The molecule has 4 heteroatoms. The van der Waals surface area contributed by atoms with Gasteiger partial charge < -0.3 is 4.74 Å². The lowest BCUT2D eigenvalue weighted by molar-refractivity contribution is 0.0552. The standard InChI is InChI=1S/C21H29NO3/c1-6-15-9-8-10-17(19(15)20(23)13(3)4)22-21(24)25-18(7-2)16-11-14(5)12-16/h8-10,13,16,18H,5-7,11-12H2,1-4H3,(H,22,24). The van der Waals surface area contributed by atoms with Crippen molar-refractivity contribution in [3.05, 3.63) is 41.5 Å². The summed E-state index contributed by atoms with van der Waals surface area (Å²) in [6, 6.07) is 5.56. The van der Waals surface area contributed by atoms with Crippen LogP contribution in [0.5, 0.6) is 0 Å². The number of hydrogen-bond donors (Lipinski definition) is 1. The summed E-state index contributed by atoms with van der Waals surface area (Å²) in [7, 11) is 0. The summed E-state index contributed by atoms with van der Waals surface area (Å²) in [5, 5.41) is 2.80. The fourth-order valence-electron chi connectivity index (χ4n) is 3.31. The molecule has 1 aromatic carbocycles. The predicted octanol–water partition coefficient (Wildman–Crippen LogP) is 5.38. The van der Waals surface area contributed by atoms with Gasteiger partial charge in [-0.05, 0) is 37.3 Å². The minimum atomic E-state index is -0.490. The Morgan fingerprint density at radius 2 is 1.96 bits per heavy atom. The SMILES string of the molecule is C=C1CC(C(CC)OC(=O)Nc2cccc(CC)c2C(=O)C(C)C)C1. The average molecular weight is 343 g/mol. The van der Waals surface area contributed by atoms with Crippen LogP contribution >= 0.6 is 0 Å². The van der Waals surface area contributed by atoms with Crippen LogP contribution in [0, 0.1) is 11.8 Å². The molecule has 1 aliphatic carbocycles. The van der Waals surface area contributed by atoms with Crippen molar-refractivity contribution in [2.24, 2.45) is 11.8 Å². The first-order valence-electron chi connectivity index (χ1n) is 9.17. The van der Waals surface area contributed by atoms with Crippen molar-refractivity contribution in [3.63, 3.8) is 0 Å². The van der Waals surface area contributed by atoms with E-state index in [2.05, 4.69) is 11.9 Å². The second-order valence-corrected chi connectivity index (χ2v) is 7.11. The largest absolute Gasteiger partial charge is 0.446 e. The molecule has 0 heterocycles. The van der Waals surface area contributed by atoms with Gasteiger partial charge in [-0.3, -0.25) is 10.1 Å². The molecule has 136 valence electrons. The van der Waals surface area contributed by atoms with Crippen molar-refractivity contribution in [1.29, 1.82) is 0 Å². The highest BCUT2D eigenvalue weighted by atomic mass is 16.6. The maximum absolute atomic E-state index is 12.6. The smallest absolute Gasteiger partial charge is 0.411 e. The summed E-state index contributed by atoms with van der Waals surface area (Å²) in [5.41, 5.74) is 3.30. The van der Waals surface area contributed by atoms with Gasteiger partial charge in [0.1, 0.15) is 6.10 Å². The zero-order valence-electron chi connectivity index (χ0n) is 15.7. The lowest BCUT2D eigenvalue weighted by Gasteiger charge is -2.34. The van der Waals surface area contributed by atoms with E-state index in [0.29, 0.717) is 17.2 Å². The zero-order valence-corrected chi connectivity index (χ0v) is 15.7. The Kier molecular flexibility index (Phi) is 6.40. The van der Waals surface area contributed by atoms with Crippen LogP contribution in [0.1, 0.15) is 62.9 Å². The topological polar surface area (TPSA) is 55.4 Å². The first-order valence-corrected chi connectivity index (χ1v) is 9.17. The number of ether oxygens (including phenoxy) is 1.